The standard InChI is InChI=1S/C11H18BrNO3S2/c1-7(2)8(3)13(4)18(15,16)10-5-9(6-14)17-11(10)12/h5,7-8,14H,6H2,1-4H3. The van der Waals surface area contributed by atoms with Crippen molar-refractivity contribution in [3.63, 3.8) is 0 Å². The van der Waals surface area contributed by atoms with Gasteiger partial charge in [-0.15, -0.1) is 11.3 Å². The van der Waals surface area contributed by atoms with E-state index in [1.165, 1.54) is 21.7 Å². The van der Waals surface area contributed by atoms with Gasteiger partial charge in [-0.1, -0.05) is 13.8 Å². The highest BCUT2D eigenvalue weighted by atomic mass is 79.9. The molecule has 1 aromatic rings. The maximum atomic E-state index is 12.4. The Labute approximate surface area is 121 Å². The maximum absolute atomic E-state index is 12.4. The van der Waals surface area contributed by atoms with Gasteiger partial charge in [0.15, 0.2) is 0 Å². The van der Waals surface area contributed by atoms with E-state index in [0.29, 0.717) is 8.66 Å². The van der Waals surface area contributed by atoms with Crippen LogP contribution in [-0.4, -0.2) is 30.9 Å². The first-order valence-corrected chi connectivity index (χ1v) is 8.63. The molecule has 0 saturated carbocycles. The first kappa shape index (κ1) is 16.1. The normalized spacial score (nSPS) is 14.4. The molecule has 1 atom stereocenters. The van der Waals surface area contributed by atoms with Crippen LogP contribution in [0, 0.1) is 5.92 Å². The Balaban J connectivity index is 3.17. The van der Waals surface area contributed by atoms with Crippen LogP contribution >= 0.6 is 27.3 Å². The molecular formula is C11H18BrNO3S2. The van der Waals surface area contributed by atoms with Gasteiger partial charge in [0.05, 0.1) is 10.4 Å². The van der Waals surface area contributed by atoms with Gasteiger partial charge in [0.1, 0.15) is 4.90 Å². The first-order chi connectivity index (χ1) is 8.21. The number of aliphatic hydroxyl groups excluding tert-OH is 1. The zero-order chi connectivity index (χ0) is 14.1. The Morgan fingerprint density at radius 2 is 2.00 bits per heavy atom. The summed E-state index contributed by atoms with van der Waals surface area (Å²) in [5.74, 6) is 0.236. The summed E-state index contributed by atoms with van der Waals surface area (Å²) in [4.78, 5) is 0.859. The number of rotatable bonds is 5. The molecule has 1 N–H and O–H groups in total. The molecular weight excluding hydrogens is 338 g/mol. The van der Waals surface area contributed by atoms with E-state index in [4.69, 9.17) is 5.11 Å². The lowest BCUT2D eigenvalue weighted by Crippen LogP contribution is -2.38. The fourth-order valence-corrected chi connectivity index (χ4v) is 5.43. The molecule has 0 fully saturated rings. The molecule has 0 amide bonds. The number of hydrogen-bond donors (Lipinski definition) is 1. The topological polar surface area (TPSA) is 57.6 Å². The number of hydrogen-bond acceptors (Lipinski definition) is 4. The third kappa shape index (κ3) is 3.14. The molecule has 1 unspecified atom stereocenters. The second-order valence-electron chi connectivity index (χ2n) is 4.51. The van der Waals surface area contributed by atoms with Crippen molar-refractivity contribution in [3.05, 3.63) is 14.7 Å². The van der Waals surface area contributed by atoms with Gasteiger partial charge in [-0.2, -0.15) is 4.31 Å². The van der Waals surface area contributed by atoms with Crippen LogP contribution in [-0.2, 0) is 16.6 Å². The van der Waals surface area contributed by atoms with E-state index in [1.54, 1.807) is 7.05 Å². The Bertz CT molecular complexity index is 510. The van der Waals surface area contributed by atoms with Gasteiger partial charge in [-0.3, -0.25) is 0 Å². The minimum atomic E-state index is -3.52. The largest absolute Gasteiger partial charge is 0.391 e. The van der Waals surface area contributed by atoms with E-state index < -0.39 is 10.0 Å². The summed E-state index contributed by atoms with van der Waals surface area (Å²) in [6.45, 7) is 5.70. The van der Waals surface area contributed by atoms with E-state index in [-0.39, 0.29) is 23.5 Å². The van der Waals surface area contributed by atoms with E-state index in [2.05, 4.69) is 15.9 Å². The van der Waals surface area contributed by atoms with Gasteiger partial charge in [0.25, 0.3) is 0 Å². The smallest absolute Gasteiger partial charge is 0.245 e. The van der Waals surface area contributed by atoms with Gasteiger partial charge in [0, 0.05) is 18.0 Å². The molecule has 104 valence electrons. The predicted octanol–water partition coefficient (Wildman–Crippen LogP) is 2.67. The predicted molar refractivity (Wildman–Crippen MR) is 77.2 cm³/mol. The molecule has 0 aliphatic heterocycles. The molecule has 0 aromatic carbocycles. The quantitative estimate of drug-likeness (QED) is 0.883. The molecule has 7 heteroatoms. The van der Waals surface area contributed by atoms with Crippen molar-refractivity contribution in [2.75, 3.05) is 7.05 Å². The van der Waals surface area contributed by atoms with Gasteiger partial charge in [-0.25, -0.2) is 8.42 Å². The van der Waals surface area contributed by atoms with Crippen molar-refractivity contribution in [3.8, 4) is 0 Å². The van der Waals surface area contributed by atoms with Gasteiger partial charge in [0.2, 0.25) is 10.0 Å². The highest BCUT2D eigenvalue weighted by Crippen LogP contribution is 2.34. The van der Waals surface area contributed by atoms with Crippen molar-refractivity contribution in [1.82, 2.24) is 4.31 Å². The van der Waals surface area contributed by atoms with E-state index in [0.717, 1.165) is 0 Å². The van der Waals surface area contributed by atoms with Crippen LogP contribution in [0.4, 0.5) is 0 Å². The third-order valence-electron chi connectivity index (χ3n) is 3.06. The van der Waals surface area contributed by atoms with Crippen molar-refractivity contribution in [2.45, 2.75) is 38.3 Å². The Kier molecular flexibility index (Phi) is 5.37. The Morgan fingerprint density at radius 1 is 1.44 bits per heavy atom. The number of nitrogens with zero attached hydrogens (tertiary/aromatic N) is 1. The second kappa shape index (κ2) is 6.00. The van der Waals surface area contributed by atoms with E-state index in [1.807, 2.05) is 20.8 Å². The van der Waals surface area contributed by atoms with Gasteiger partial charge in [-0.05, 0) is 34.8 Å². The molecule has 18 heavy (non-hydrogen) atoms. The van der Waals surface area contributed by atoms with Crippen LogP contribution in [0.5, 0.6) is 0 Å². The molecule has 0 saturated heterocycles. The number of aliphatic hydroxyl groups is 1. The number of sulfonamides is 1. The van der Waals surface area contributed by atoms with Gasteiger partial charge < -0.3 is 5.11 Å². The number of thiophene rings is 1. The Hall–Kier alpha value is 0.0500. The minimum absolute atomic E-state index is 0.0839. The summed E-state index contributed by atoms with van der Waals surface area (Å²) in [6, 6.07) is 1.44. The summed E-state index contributed by atoms with van der Waals surface area (Å²) in [6.07, 6.45) is 0. The summed E-state index contributed by atoms with van der Waals surface area (Å²) in [5, 5.41) is 9.06. The fraction of sp³-hybridized carbons (Fsp3) is 0.636. The zero-order valence-electron chi connectivity index (χ0n) is 10.8. The molecule has 1 heterocycles. The summed E-state index contributed by atoms with van der Waals surface area (Å²) < 4.78 is 26.8. The fourth-order valence-electron chi connectivity index (χ4n) is 1.45. The summed E-state index contributed by atoms with van der Waals surface area (Å²) >= 11 is 4.49. The Morgan fingerprint density at radius 3 is 2.39 bits per heavy atom. The highest BCUT2D eigenvalue weighted by molar-refractivity contribution is 9.11. The first-order valence-electron chi connectivity index (χ1n) is 5.59. The molecule has 4 nitrogen and oxygen atoms in total. The summed E-state index contributed by atoms with van der Waals surface area (Å²) in [7, 11) is -1.93. The van der Waals surface area contributed by atoms with Crippen molar-refractivity contribution in [1.29, 1.82) is 0 Å². The maximum Gasteiger partial charge on any atom is 0.245 e. The average Bonchev–Trinajstić information content (AvgIpc) is 2.69. The van der Waals surface area contributed by atoms with Crippen molar-refractivity contribution >= 4 is 37.3 Å². The molecule has 1 rings (SSSR count). The highest BCUT2D eigenvalue weighted by Gasteiger charge is 2.30. The zero-order valence-corrected chi connectivity index (χ0v) is 14.1. The van der Waals surface area contributed by atoms with E-state index >= 15 is 0 Å². The lowest BCUT2D eigenvalue weighted by atomic mass is 10.1. The lowest BCUT2D eigenvalue weighted by Gasteiger charge is -2.26. The summed E-state index contributed by atoms with van der Waals surface area (Å²) in [5.41, 5.74) is 0. The van der Waals surface area contributed by atoms with Crippen molar-refractivity contribution in [2.24, 2.45) is 5.92 Å². The van der Waals surface area contributed by atoms with Crippen LogP contribution < -0.4 is 0 Å². The second-order valence-corrected chi connectivity index (χ2v) is 8.94. The van der Waals surface area contributed by atoms with Crippen LogP contribution in [0.2, 0.25) is 0 Å². The van der Waals surface area contributed by atoms with Gasteiger partial charge >= 0.3 is 0 Å². The molecule has 0 bridgehead atoms. The molecule has 0 aliphatic rings. The SMILES string of the molecule is CC(C)C(C)N(C)S(=O)(=O)c1cc(CO)sc1Br. The molecule has 0 spiro atoms. The van der Waals surface area contributed by atoms with Crippen LogP contribution in [0.1, 0.15) is 25.6 Å². The number of halogens is 1. The molecule has 0 aliphatic carbocycles. The molecule has 1 aromatic heterocycles. The average molecular weight is 356 g/mol. The van der Waals surface area contributed by atoms with Crippen LogP contribution in [0.25, 0.3) is 0 Å². The van der Waals surface area contributed by atoms with Crippen LogP contribution in [0.15, 0.2) is 14.7 Å². The molecule has 0 radical (unpaired) electrons. The van der Waals surface area contributed by atoms with Crippen molar-refractivity contribution < 1.29 is 13.5 Å². The third-order valence-corrected chi connectivity index (χ3v) is 7.24. The lowest BCUT2D eigenvalue weighted by molar-refractivity contribution is 0.285. The minimum Gasteiger partial charge on any atom is -0.391 e. The van der Waals surface area contributed by atoms with Crippen LogP contribution in [0.3, 0.4) is 0 Å². The van der Waals surface area contributed by atoms with E-state index in [9.17, 15) is 8.42 Å². The monoisotopic (exact) mass is 355 g/mol.